The van der Waals surface area contributed by atoms with Crippen LogP contribution in [0.5, 0.6) is 0 Å². The van der Waals surface area contributed by atoms with Gasteiger partial charge in [0, 0.05) is 13.6 Å². The molecule has 20 heavy (non-hydrogen) atoms. The first-order valence-corrected chi connectivity index (χ1v) is 6.90. The SMILES string of the molecule is CN(CCCc1ccccc1)n1nnc2ccccc21. The standard InChI is InChI=1S/C16H18N4/c1-19(13-7-10-14-8-3-2-4-9-14)20-16-12-6-5-11-15(16)17-18-20/h2-6,8-9,11-12H,7,10,13H2,1H3. The Bertz CT molecular complexity index is 675. The summed E-state index contributed by atoms with van der Waals surface area (Å²) in [6, 6.07) is 18.6. The van der Waals surface area contributed by atoms with E-state index in [2.05, 4.69) is 45.7 Å². The van der Waals surface area contributed by atoms with E-state index in [4.69, 9.17) is 0 Å². The molecule has 3 aromatic rings. The van der Waals surface area contributed by atoms with Gasteiger partial charge in [-0.1, -0.05) is 42.5 Å². The number of hydrogen-bond acceptors (Lipinski definition) is 3. The van der Waals surface area contributed by atoms with Crippen molar-refractivity contribution in [2.75, 3.05) is 18.6 Å². The van der Waals surface area contributed by atoms with E-state index in [0.717, 1.165) is 30.4 Å². The lowest BCUT2D eigenvalue weighted by atomic mass is 10.1. The Kier molecular flexibility index (Phi) is 3.63. The van der Waals surface area contributed by atoms with Crippen LogP contribution in [0.25, 0.3) is 11.0 Å². The minimum absolute atomic E-state index is 0.933. The number of hydrogen-bond donors (Lipinski definition) is 0. The molecule has 0 fully saturated rings. The van der Waals surface area contributed by atoms with Crippen LogP contribution in [-0.4, -0.2) is 28.7 Å². The van der Waals surface area contributed by atoms with Gasteiger partial charge in [-0.2, -0.15) is 4.79 Å². The van der Waals surface area contributed by atoms with Gasteiger partial charge in [0.15, 0.2) is 0 Å². The number of para-hydroxylation sites is 1. The molecule has 0 bridgehead atoms. The fourth-order valence-electron chi connectivity index (χ4n) is 2.36. The van der Waals surface area contributed by atoms with Gasteiger partial charge in [0.1, 0.15) is 11.0 Å². The first kappa shape index (κ1) is 12.7. The molecule has 0 unspecified atom stereocenters. The van der Waals surface area contributed by atoms with Crippen LogP contribution in [-0.2, 0) is 6.42 Å². The Balaban J connectivity index is 1.63. The van der Waals surface area contributed by atoms with Crippen molar-refractivity contribution in [2.24, 2.45) is 0 Å². The summed E-state index contributed by atoms with van der Waals surface area (Å²) in [7, 11) is 2.05. The predicted molar refractivity (Wildman–Crippen MR) is 81.3 cm³/mol. The minimum atomic E-state index is 0.933. The lowest BCUT2D eigenvalue weighted by molar-refractivity contribution is 0.561. The Hall–Kier alpha value is -2.36. The summed E-state index contributed by atoms with van der Waals surface area (Å²) >= 11 is 0. The van der Waals surface area contributed by atoms with Crippen molar-refractivity contribution in [3.05, 3.63) is 60.2 Å². The zero-order valence-corrected chi connectivity index (χ0v) is 11.6. The van der Waals surface area contributed by atoms with Gasteiger partial charge >= 0.3 is 0 Å². The molecule has 1 aromatic heterocycles. The fourth-order valence-corrected chi connectivity index (χ4v) is 2.36. The Morgan fingerprint density at radius 3 is 2.60 bits per heavy atom. The van der Waals surface area contributed by atoms with Crippen molar-refractivity contribution >= 4 is 11.0 Å². The molecule has 0 aliphatic rings. The summed E-state index contributed by atoms with van der Waals surface area (Å²) in [4.78, 5) is 1.88. The van der Waals surface area contributed by atoms with Crippen molar-refractivity contribution < 1.29 is 0 Å². The number of benzene rings is 2. The van der Waals surface area contributed by atoms with Gasteiger partial charge in [-0.25, -0.2) is 0 Å². The maximum atomic E-state index is 4.21. The van der Waals surface area contributed by atoms with Gasteiger partial charge < -0.3 is 0 Å². The predicted octanol–water partition coefficient (Wildman–Crippen LogP) is 2.63. The van der Waals surface area contributed by atoms with E-state index >= 15 is 0 Å². The van der Waals surface area contributed by atoms with E-state index in [-0.39, 0.29) is 0 Å². The van der Waals surface area contributed by atoms with Crippen LogP contribution >= 0.6 is 0 Å². The molecule has 0 radical (unpaired) electrons. The minimum Gasteiger partial charge on any atom is -0.298 e. The van der Waals surface area contributed by atoms with Crippen molar-refractivity contribution in [2.45, 2.75) is 12.8 Å². The van der Waals surface area contributed by atoms with Gasteiger partial charge in [0.05, 0.1) is 0 Å². The second-order valence-electron chi connectivity index (χ2n) is 4.94. The molecule has 0 aliphatic carbocycles. The van der Waals surface area contributed by atoms with Crippen LogP contribution in [0.1, 0.15) is 12.0 Å². The van der Waals surface area contributed by atoms with E-state index in [9.17, 15) is 0 Å². The Labute approximate surface area is 118 Å². The van der Waals surface area contributed by atoms with Crippen LogP contribution in [0.4, 0.5) is 0 Å². The molecule has 0 aliphatic heterocycles. The summed E-state index contributed by atoms with van der Waals surface area (Å²) in [5.74, 6) is 0. The molecular weight excluding hydrogens is 248 g/mol. The highest BCUT2D eigenvalue weighted by molar-refractivity contribution is 5.74. The van der Waals surface area contributed by atoms with Crippen molar-refractivity contribution in [3.8, 4) is 0 Å². The highest BCUT2D eigenvalue weighted by atomic mass is 15.7. The first-order chi connectivity index (χ1) is 9.84. The Morgan fingerprint density at radius 1 is 1.00 bits per heavy atom. The fraction of sp³-hybridized carbons (Fsp3) is 0.250. The normalized spacial score (nSPS) is 10.8. The van der Waals surface area contributed by atoms with E-state index in [1.165, 1.54) is 5.56 Å². The van der Waals surface area contributed by atoms with Crippen LogP contribution in [0, 0.1) is 0 Å². The summed E-state index contributed by atoms with van der Waals surface area (Å²) in [5.41, 5.74) is 3.36. The van der Waals surface area contributed by atoms with Crippen molar-refractivity contribution in [1.82, 2.24) is 15.1 Å². The van der Waals surface area contributed by atoms with Gasteiger partial charge in [-0.3, -0.25) is 5.01 Å². The average molecular weight is 266 g/mol. The number of fused-ring (bicyclic) bond motifs is 1. The molecule has 0 atom stereocenters. The quantitative estimate of drug-likeness (QED) is 0.712. The van der Waals surface area contributed by atoms with E-state index in [0.29, 0.717) is 0 Å². The summed E-state index contributed by atoms with van der Waals surface area (Å²) < 4.78 is 0. The van der Waals surface area contributed by atoms with Crippen molar-refractivity contribution in [3.63, 3.8) is 0 Å². The zero-order chi connectivity index (χ0) is 13.8. The smallest absolute Gasteiger partial charge is 0.115 e. The molecule has 2 aromatic carbocycles. The number of aromatic nitrogens is 3. The third kappa shape index (κ3) is 2.64. The van der Waals surface area contributed by atoms with E-state index in [1.54, 1.807) is 0 Å². The van der Waals surface area contributed by atoms with Gasteiger partial charge in [0.2, 0.25) is 0 Å². The molecule has 102 valence electrons. The van der Waals surface area contributed by atoms with Gasteiger partial charge in [0.25, 0.3) is 0 Å². The molecule has 1 heterocycles. The third-order valence-electron chi connectivity index (χ3n) is 3.45. The third-order valence-corrected chi connectivity index (χ3v) is 3.45. The molecule has 0 spiro atoms. The molecule has 0 amide bonds. The molecule has 4 nitrogen and oxygen atoms in total. The highest BCUT2D eigenvalue weighted by Gasteiger charge is 2.07. The first-order valence-electron chi connectivity index (χ1n) is 6.90. The largest absolute Gasteiger partial charge is 0.298 e. The lowest BCUT2D eigenvalue weighted by Crippen LogP contribution is -2.32. The second-order valence-corrected chi connectivity index (χ2v) is 4.94. The molecule has 0 N–H and O–H groups in total. The summed E-state index contributed by atoms with van der Waals surface area (Å²) in [6.07, 6.45) is 2.17. The molecule has 4 heteroatoms. The monoisotopic (exact) mass is 266 g/mol. The number of aryl methyl sites for hydroxylation is 1. The van der Waals surface area contributed by atoms with Crippen LogP contribution in [0.2, 0.25) is 0 Å². The van der Waals surface area contributed by atoms with Crippen LogP contribution in [0.15, 0.2) is 54.6 Å². The van der Waals surface area contributed by atoms with Gasteiger partial charge in [-0.05, 0) is 35.8 Å². The zero-order valence-electron chi connectivity index (χ0n) is 11.6. The lowest BCUT2D eigenvalue weighted by Gasteiger charge is -2.18. The Morgan fingerprint density at radius 2 is 1.75 bits per heavy atom. The van der Waals surface area contributed by atoms with Crippen molar-refractivity contribution in [1.29, 1.82) is 0 Å². The number of rotatable bonds is 5. The molecule has 0 saturated heterocycles. The summed E-state index contributed by atoms with van der Waals surface area (Å²) in [6.45, 7) is 0.947. The van der Waals surface area contributed by atoms with E-state index < -0.39 is 0 Å². The molecule has 0 saturated carbocycles. The maximum Gasteiger partial charge on any atom is 0.115 e. The second kappa shape index (κ2) is 5.74. The summed E-state index contributed by atoms with van der Waals surface area (Å²) in [5, 5.41) is 10.5. The highest BCUT2D eigenvalue weighted by Crippen LogP contribution is 2.10. The molecule has 3 rings (SSSR count). The van der Waals surface area contributed by atoms with E-state index in [1.807, 2.05) is 36.1 Å². The average Bonchev–Trinajstić information content (AvgIpc) is 2.92. The van der Waals surface area contributed by atoms with Crippen LogP contribution in [0.3, 0.4) is 0 Å². The topological polar surface area (TPSA) is 34.0 Å². The molecular formula is C16H18N4. The number of nitrogens with zero attached hydrogens (tertiary/aromatic N) is 4. The van der Waals surface area contributed by atoms with Crippen LogP contribution < -0.4 is 5.01 Å². The maximum absolute atomic E-state index is 4.21. The van der Waals surface area contributed by atoms with Gasteiger partial charge in [-0.15, -0.1) is 5.10 Å².